The number of Topliss-reactive ketones (excluding diaryl/α,β-unsaturated/α-hetero) is 1. The fourth-order valence-corrected chi connectivity index (χ4v) is 13.2. The van der Waals surface area contributed by atoms with Crippen LogP contribution in [0.1, 0.15) is 132 Å². The Hall–Kier alpha value is -2.42. The molecule has 4 saturated carbocycles. The van der Waals surface area contributed by atoms with Gasteiger partial charge in [0.05, 0.1) is 12.1 Å². The number of esters is 1. The van der Waals surface area contributed by atoms with Crippen LogP contribution in [-0.2, 0) is 25.7 Å². The van der Waals surface area contributed by atoms with Gasteiger partial charge in [-0.2, -0.15) is 0 Å². The summed E-state index contributed by atoms with van der Waals surface area (Å²) in [6, 6.07) is 6.21. The van der Waals surface area contributed by atoms with Crippen molar-refractivity contribution in [1.29, 1.82) is 0 Å². The number of ether oxygens (including phenoxy) is 1. The van der Waals surface area contributed by atoms with Crippen molar-refractivity contribution in [2.24, 2.45) is 56.7 Å². The predicted molar refractivity (Wildman–Crippen MR) is 220 cm³/mol. The molecule has 5 aliphatic rings. The summed E-state index contributed by atoms with van der Waals surface area (Å²) in [7, 11) is 5.30. The summed E-state index contributed by atoms with van der Waals surface area (Å²) in [6.45, 7) is 21.9. The maximum atomic E-state index is 14.1. The molecule has 0 aliphatic heterocycles. The minimum atomic E-state index is -0.701. The number of allylic oxidation sites excluding steroid dienone is 2. The number of aliphatic hydroxyl groups excluding tert-OH is 1. The largest absolute Gasteiger partial charge is 0.462 e. The van der Waals surface area contributed by atoms with Crippen molar-refractivity contribution in [3.63, 3.8) is 0 Å². The number of rotatable bonds is 13. The molecule has 308 valence electrons. The average Bonchev–Trinajstić information content (AvgIpc) is 3.44. The Morgan fingerprint density at radius 3 is 2.31 bits per heavy atom. The minimum absolute atomic E-state index is 0.0228. The average molecular weight is 762 g/mol. The zero-order chi connectivity index (χ0) is 40.6. The first kappa shape index (κ1) is 43.7. The fourth-order valence-electron chi connectivity index (χ4n) is 13.2. The summed E-state index contributed by atoms with van der Waals surface area (Å²) >= 11 is 0. The lowest BCUT2D eigenvalue weighted by Gasteiger charge is -2.69. The van der Waals surface area contributed by atoms with E-state index in [-0.39, 0.29) is 46.1 Å². The van der Waals surface area contributed by atoms with E-state index >= 15 is 0 Å². The molecule has 6 rings (SSSR count). The molecule has 0 saturated heterocycles. The molecule has 0 spiro atoms. The molecule has 55 heavy (non-hydrogen) atoms. The molecule has 1 N–H and O–H groups in total. The third-order valence-electron chi connectivity index (χ3n) is 15.7. The zero-order valence-electron chi connectivity index (χ0n) is 36.4. The van der Waals surface area contributed by atoms with E-state index in [0.29, 0.717) is 35.9 Å². The van der Waals surface area contributed by atoms with Crippen molar-refractivity contribution >= 4 is 18.0 Å². The van der Waals surface area contributed by atoms with Crippen LogP contribution in [0, 0.1) is 56.7 Å². The summed E-state index contributed by atoms with van der Waals surface area (Å²) in [4.78, 5) is 48.3. The number of hydrogen-bond donors (Lipinski definition) is 1. The maximum absolute atomic E-state index is 14.1. The molecule has 1 aromatic heterocycles. The van der Waals surface area contributed by atoms with E-state index in [1.807, 2.05) is 26.1 Å². The second kappa shape index (κ2) is 16.8. The number of nitrogens with zero attached hydrogens (tertiary/aromatic N) is 3. The fraction of sp³-hybridized carbons (Fsp3) is 0.787. The Kier molecular flexibility index (Phi) is 13.4. The first-order valence-electron chi connectivity index (χ1n) is 21.5. The molecular formula is C47H75N3O5. The van der Waals surface area contributed by atoms with Crippen molar-refractivity contribution < 1.29 is 24.2 Å². The van der Waals surface area contributed by atoms with Crippen molar-refractivity contribution in [3.8, 4) is 0 Å². The summed E-state index contributed by atoms with van der Waals surface area (Å²) < 4.78 is 6.24. The second-order valence-electron chi connectivity index (χ2n) is 20.6. The topological polar surface area (TPSA) is 100 Å². The van der Waals surface area contributed by atoms with Crippen molar-refractivity contribution in [1.82, 2.24) is 14.8 Å². The number of carbonyl (C=O) groups excluding carboxylic acids is 3. The van der Waals surface area contributed by atoms with Crippen molar-refractivity contribution in [2.75, 3.05) is 40.8 Å². The van der Waals surface area contributed by atoms with Gasteiger partial charge in [0.1, 0.15) is 12.4 Å². The van der Waals surface area contributed by atoms with E-state index in [9.17, 15) is 14.4 Å². The smallest absolute Gasteiger partial charge is 0.307 e. The molecule has 8 atom stereocenters. The standard InChI is InChI=1S/C46H71N3O4.CH4O/c1-31(2)40-35(51)27-46(22-24-49(26-25-48(9)10)29-32-13-11-12-23-47-32)21-16-34-33(41(40)46)14-15-37-44(34,7)19-17-36-43(5,6)38(18-20-45(36,37)8)53-39(52)28-42(3,4)30-50;1-2/h11-13,23,30-31,33-34,36-38H,14-22,24-29H2,1-10H3;2H,1H3. The molecule has 8 heteroatoms. The van der Waals surface area contributed by atoms with E-state index in [2.05, 4.69) is 82.6 Å². The number of carbonyl (C=O) groups is 3. The van der Waals surface area contributed by atoms with Crippen LogP contribution in [0.2, 0.25) is 0 Å². The number of fused-ring (bicyclic) bond motifs is 7. The number of hydrogen-bond acceptors (Lipinski definition) is 8. The third-order valence-corrected chi connectivity index (χ3v) is 15.7. The van der Waals surface area contributed by atoms with E-state index in [1.165, 1.54) is 31.3 Å². The Balaban J connectivity index is 0.00000285. The highest BCUT2D eigenvalue weighted by molar-refractivity contribution is 6.00. The molecule has 8 nitrogen and oxygen atoms in total. The first-order chi connectivity index (χ1) is 25.9. The number of aliphatic hydroxyl groups is 1. The Labute approximate surface area is 333 Å². The molecule has 0 radical (unpaired) electrons. The maximum Gasteiger partial charge on any atom is 0.307 e. The van der Waals surface area contributed by atoms with Crippen LogP contribution in [0.5, 0.6) is 0 Å². The molecule has 1 aromatic rings. The number of aromatic nitrogens is 1. The van der Waals surface area contributed by atoms with Crippen LogP contribution in [0.15, 0.2) is 35.5 Å². The molecule has 0 bridgehead atoms. The molecular weight excluding hydrogens is 687 g/mol. The van der Waals surface area contributed by atoms with Gasteiger partial charge in [0.25, 0.3) is 0 Å². The van der Waals surface area contributed by atoms with E-state index in [1.54, 1.807) is 5.57 Å². The number of ketones is 1. The van der Waals surface area contributed by atoms with Crippen molar-refractivity contribution in [2.45, 2.75) is 139 Å². The first-order valence-corrected chi connectivity index (χ1v) is 21.5. The highest BCUT2D eigenvalue weighted by atomic mass is 16.5. The quantitative estimate of drug-likeness (QED) is 0.158. The van der Waals surface area contributed by atoms with Gasteiger partial charge >= 0.3 is 5.97 Å². The molecule has 0 amide bonds. The van der Waals surface area contributed by atoms with E-state index in [4.69, 9.17) is 9.84 Å². The van der Waals surface area contributed by atoms with Gasteiger partial charge in [0.2, 0.25) is 0 Å². The lowest BCUT2D eigenvalue weighted by Crippen LogP contribution is -2.63. The lowest BCUT2D eigenvalue weighted by atomic mass is 9.36. The Morgan fingerprint density at radius 1 is 0.964 bits per heavy atom. The van der Waals surface area contributed by atoms with Gasteiger partial charge in [-0.05, 0) is 137 Å². The summed E-state index contributed by atoms with van der Waals surface area (Å²) in [6.07, 6.45) is 13.6. The van der Waals surface area contributed by atoms with Gasteiger partial charge in [-0.1, -0.05) is 67.0 Å². The number of pyridine rings is 1. The Morgan fingerprint density at radius 2 is 1.67 bits per heavy atom. The van der Waals surface area contributed by atoms with Gasteiger partial charge < -0.3 is 19.5 Å². The van der Waals surface area contributed by atoms with Gasteiger partial charge in [-0.25, -0.2) is 0 Å². The third kappa shape index (κ3) is 8.44. The molecule has 1 heterocycles. The van der Waals surface area contributed by atoms with Gasteiger partial charge in [-0.15, -0.1) is 0 Å². The Bertz CT molecular complexity index is 1550. The van der Waals surface area contributed by atoms with Crippen LogP contribution < -0.4 is 0 Å². The van der Waals surface area contributed by atoms with Gasteiger partial charge in [-0.3, -0.25) is 19.5 Å². The zero-order valence-corrected chi connectivity index (χ0v) is 36.4. The minimum Gasteiger partial charge on any atom is -0.462 e. The number of aldehydes is 1. The van der Waals surface area contributed by atoms with Crippen LogP contribution in [0.3, 0.4) is 0 Å². The van der Waals surface area contributed by atoms with Crippen LogP contribution in [0.4, 0.5) is 0 Å². The van der Waals surface area contributed by atoms with Gasteiger partial charge in [0.15, 0.2) is 5.78 Å². The lowest BCUT2D eigenvalue weighted by molar-refractivity contribution is -0.213. The van der Waals surface area contributed by atoms with E-state index < -0.39 is 5.41 Å². The molecule has 4 fully saturated rings. The number of likely N-dealkylation sites (N-methyl/N-ethyl adjacent to an activating group) is 1. The second-order valence-corrected chi connectivity index (χ2v) is 20.6. The summed E-state index contributed by atoms with van der Waals surface area (Å²) in [5, 5.41) is 7.00. The van der Waals surface area contributed by atoms with Crippen LogP contribution >= 0.6 is 0 Å². The molecule has 8 unspecified atom stereocenters. The van der Waals surface area contributed by atoms with Crippen LogP contribution in [0.25, 0.3) is 0 Å². The molecule has 5 aliphatic carbocycles. The normalized spacial score (nSPS) is 34.0. The van der Waals surface area contributed by atoms with E-state index in [0.717, 1.165) is 77.4 Å². The molecule has 0 aromatic carbocycles. The summed E-state index contributed by atoms with van der Waals surface area (Å²) in [5.74, 6) is 2.63. The predicted octanol–water partition coefficient (Wildman–Crippen LogP) is 8.56. The van der Waals surface area contributed by atoms with Crippen molar-refractivity contribution in [3.05, 3.63) is 41.2 Å². The highest BCUT2D eigenvalue weighted by Gasteiger charge is 2.66. The summed E-state index contributed by atoms with van der Waals surface area (Å²) in [5.41, 5.74) is 3.44. The van der Waals surface area contributed by atoms with Gasteiger partial charge in [0, 0.05) is 55.6 Å². The van der Waals surface area contributed by atoms with Crippen LogP contribution in [-0.4, -0.2) is 84.9 Å². The monoisotopic (exact) mass is 762 g/mol. The SMILES string of the molecule is CC(C)C1=C2C3CCC4C(C)(CCC5C(C)(C)C(OC(=O)CC(C)(C)C=O)CCC54C)C3CCC2(CCN(CCN(C)C)Cc2ccccn2)CC1=O.CO. The highest BCUT2D eigenvalue weighted by Crippen LogP contribution is 2.73.